The molecule has 1 rings (SSSR count). The van der Waals surface area contributed by atoms with Crippen molar-refractivity contribution in [1.29, 1.82) is 0 Å². The van der Waals surface area contributed by atoms with Crippen LogP contribution in [-0.4, -0.2) is 53.7 Å². The molecule has 0 aromatic carbocycles. The van der Waals surface area contributed by atoms with E-state index in [1.807, 2.05) is 6.92 Å². The maximum atomic E-state index is 11.7. The van der Waals surface area contributed by atoms with Gasteiger partial charge in [0.1, 0.15) is 0 Å². The van der Waals surface area contributed by atoms with Crippen molar-refractivity contribution in [2.45, 2.75) is 25.8 Å². The van der Waals surface area contributed by atoms with Crippen LogP contribution >= 0.6 is 0 Å². The molecule has 1 N–H and O–H groups in total. The summed E-state index contributed by atoms with van der Waals surface area (Å²) in [7, 11) is 1.79. The van der Waals surface area contributed by atoms with Crippen LogP contribution in [0.25, 0.3) is 0 Å². The second-order valence-electron chi connectivity index (χ2n) is 3.47. The third-order valence-electron chi connectivity index (χ3n) is 2.63. The molecular weight excluding hydrogens is 168 g/mol. The zero-order valence-corrected chi connectivity index (χ0v) is 8.36. The number of nitrogens with zero attached hydrogens (tertiary/aromatic N) is 2. The van der Waals surface area contributed by atoms with E-state index in [0.717, 1.165) is 19.4 Å². The normalized spacial score (nSPS) is 22.1. The van der Waals surface area contributed by atoms with Gasteiger partial charge in [0, 0.05) is 20.1 Å². The highest BCUT2D eigenvalue weighted by atomic mass is 16.3. The van der Waals surface area contributed by atoms with Gasteiger partial charge in [-0.3, -0.25) is 0 Å². The van der Waals surface area contributed by atoms with E-state index in [9.17, 15) is 4.79 Å². The first-order valence-corrected chi connectivity index (χ1v) is 4.83. The van der Waals surface area contributed by atoms with Crippen LogP contribution < -0.4 is 0 Å². The fourth-order valence-electron chi connectivity index (χ4n) is 1.63. The van der Waals surface area contributed by atoms with Gasteiger partial charge in [-0.2, -0.15) is 0 Å². The van der Waals surface area contributed by atoms with Gasteiger partial charge < -0.3 is 14.9 Å². The third-order valence-corrected chi connectivity index (χ3v) is 2.63. The molecule has 0 aromatic heterocycles. The van der Waals surface area contributed by atoms with E-state index in [0.29, 0.717) is 6.54 Å². The Morgan fingerprint density at radius 3 is 2.92 bits per heavy atom. The second-order valence-corrected chi connectivity index (χ2v) is 3.47. The van der Waals surface area contributed by atoms with E-state index in [-0.39, 0.29) is 18.7 Å². The highest BCUT2D eigenvalue weighted by Gasteiger charge is 2.29. The summed E-state index contributed by atoms with van der Waals surface area (Å²) in [6.45, 7) is 3.53. The third kappa shape index (κ3) is 2.12. The molecule has 0 unspecified atom stereocenters. The Hall–Kier alpha value is -0.770. The maximum absolute atomic E-state index is 11.7. The fraction of sp³-hybridized carbons (Fsp3) is 0.889. The lowest BCUT2D eigenvalue weighted by atomic mass is 10.2. The number of rotatable bonds is 2. The molecule has 1 aliphatic heterocycles. The number of hydrogen-bond donors (Lipinski definition) is 1. The monoisotopic (exact) mass is 186 g/mol. The number of aliphatic hydroxyl groups excluding tert-OH is 1. The van der Waals surface area contributed by atoms with Gasteiger partial charge in [0.25, 0.3) is 0 Å². The number of carbonyl (C=O) groups excluding carboxylic acids is 1. The number of amides is 2. The second kappa shape index (κ2) is 4.46. The van der Waals surface area contributed by atoms with E-state index >= 15 is 0 Å². The lowest BCUT2D eigenvalue weighted by Gasteiger charge is -2.27. The van der Waals surface area contributed by atoms with Gasteiger partial charge in [0.2, 0.25) is 0 Å². The van der Waals surface area contributed by atoms with E-state index < -0.39 is 0 Å². The lowest BCUT2D eigenvalue weighted by molar-refractivity contribution is 0.134. The SMILES string of the molecule is CCN(C)C(=O)N1CCC[C@@H]1CO. The summed E-state index contributed by atoms with van der Waals surface area (Å²) in [5.41, 5.74) is 0. The topological polar surface area (TPSA) is 43.8 Å². The van der Waals surface area contributed by atoms with Gasteiger partial charge in [0.05, 0.1) is 12.6 Å². The van der Waals surface area contributed by atoms with Crippen LogP contribution in [0.5, 0.6) is 0 Å². The van der Waals surface area contributed by atoms with Crippen LogP contribution in [0, 0.1) is 0 Å². The fourth-order valence-corrected chi connectivity index (χ4v) is 1.63. The van der Waals surface area contributed by atoms with Crippen molar-refractivity contribution >= 4 is 6.03 Å². The molecule has 1 atom stereocenters. The van der Waals surface area contributed by atoms with Crippen molar-refractivity contribution in [3.8, 4) is 0 Å². The summed E-state index contributed by atoms with van der Waals surface area (Å²) in [4.78, 5) is 15.1. The minimum atomic E-state index is 0.0408. The van der Waals surface area contributed by atoms with Gasteiger partial charge in [-0.1, -0.05) is 0 Å². The molecule has 0 aliphatic carbocycles. The number of carbonyl (C=O) groups is 1. The number of aliphatic hydroxyl groups is 1. The first kappa shape index (κ1) is 10.3. The van der Waals surface area contributed by atoms with Crippen LogP contribution in [0.3, 0.4) is 0 Å². The molecule has 0 saturated carbocycles. The summed E-state index contributed by atoms with van der Waals surface area (Å²) in [6, 6.07) is 0.0838. The van der Waals surface area contributed by atoms with Crippen molar-refractivity contribution < 1.29 is 9.90 Å². The Morgan fingerprint density at radius 1 is 1.69 bits per heavy atom. The molecule has 0 bridgehead atoms. The zero-order chi connectivity index (χ0) is 9.84. The largest absolute Gasteiger partial charge is 0.394 e. The molecule has 4 heteroatoms. The molecule has 13 heavy (non-hydrogen) atoms. The number of hydrogen-bond acceptors (Lipinski definition) is 2. The number of likely N-dealkylation sites (tertiary alicyclic amines) is 1. The van der Waals surface area contributed by atoms with Crippen LogP contribution in [0.4, 0.5) is 4.79 Å². The average Bonchev–Trinajstić information content (AvgIpc) is 2.62. The first-order chi connectivity index (χ1) is 6.20. The summed E-state index contributed by atoms with van der Waals surface area (Å²) in [6.07, 6.45) is 1.94. The van der Waals surface area contributed by atoms with Crippen LogP contribution in [-0.2, 0) is 0 Å². The molecule has 4 nitrogen and oxygen atoms in total. The summed E-state index contributed by atoms with van der Waals surface area (Å²) in [5.74, 6) is 0. The molecule has 2 amide bonds. The minimum absolute atomic E-state index is 0.0408. The smallest absolute Gasteiger partial charge is 0.320 e. The average molecular weight is 186 g/mol. The minimum Gasteiger partial charge on any atom is -0.394 e. The van der Waals surface area contributed by atoms with Crippen LogP contribution in [0.15, 0.2) is 0 Å². The van der Waals surface area contributed by atoms with Gasteiger partial charge in [-0.05, 0) is 19.8 Å². The molecule has 76 valence electrons. The molecule has 1 fully saturated rings. The van der Waals surface area contributed by atoms with E-state index in [1.165, 1.54) is 0 Å². The van der Waals surface area contributed by atoms with Crippen molar-refractivity contribution in [2.75, 3.05) is 26.7 Å². The first-order valence-electron chi connectivity index (χ1n) is 4.83. The Morgan fingerprint density at radius 2 is 2.38 bits per heavy atom. The Kier molecular flexibility index (Phi) is 3.54. The van der Waals surface area contributed by atoms with Gasteiger partial charge in [0.15, 0.2) is 0 Å². The van der Waals surface area contributed by atoms with Crippen molar-refractivity contribution in [3.63, 3.8) is 0 Å². The number of urea groups is 1. The molecular formula is C9H18N2O2. The quantitative estimate of drug-likeness (QED) is 0.683. The maximum Gasteiger partial charge on any atom is 0.320 e. The molecule has 0 radical (unpaired) electrons. The molecule has 1 aliphatic rings. The Balaban J connectivity index is 2.54. The predicted octanol–water partition coefficient (Wildman–Crippen LogP) is 0.515. The molecule has 1 saturated heterocycles. The Labute approximate surface area is 79.1 Å². The molecule has 0 spiro atoms. The highest BCUT2D eigenvalue weighted by molar-refractivity contribution is 5.74. The van der Waals surface area contributed by atoms with E-state index in [2.05, 4.69) is 0 Å². The van der Waals surface area contributed by atoms with Crippen molar-refractivity contribution in [2.24, 2.45) is 0 Å². The summed E-state index contributed by atoms with van der Waals surface area (Å²) < 4.78 is 0. The Bertz CT molecular complexity index is 184. The van der Waals surface area contributed by atoms with Gasteiger partial charge >= 0.3 is 6.03 Å². The lowest BCUT2D eigenvalue weighted by Crippen LogP contribution is -2.44. The van der Waals surface area contributed by atoms with Gasteiger partial charge in [-0.25, -0.2) is 4.79 Å². The van der Waals surface area contributed by atoms with Crippen LogP contribution in [0.2, 0.25) is 0 Å². The van der Waals surface area contributed by atoms with Crippen molar-refractivity contribution in [1.82, 2.24) is 9.80 Å². The molecule has 1 heterocycles. The molecule has 0 aromatic rings. The summed E-state index contributed by atoms with van der Waals surface area (Å²) in [5, 5.41) is 9.03. The summed E-state index contributed by atoms with van der Waals surface area (Å²) >= 11 is 0. The van der Waals surface area contributed by atoms with E-state index in [4.69, 9.17) is 5.11 Å². The predicted molar refractivity (Wildman–Crippen MR) is 50.5 cm³/mol. The van der Waals surface area contributed by atoms with E-state index in [1.54, 1.807) is 16.8 Å². The standard InChI is InChI=1S/C9H18N2O2/c1-3-10(2)9(13)11-6-4-5-8(11)7-12/h8,12H,3-7H2,1-2H3/t8-/m1/s1. The van der Waals surface area contributed by atoms with Gasteiger partial charge in [-0.15, -0.1) is 0 Å². The zero-order valence-electron chi connectivity index (χ0n) is 8.36. The van der Waals surface area contributed by atoms with Crippen molar-refractivity contribution in [3.05, 3.63) is 0 Å². The highest BCUT2D eigenvalue weighted by Crippen LogP contribution is 2.17. The van der Waals surface area contributed by atoms with Crippen LogP contribution in [0.1, 0.15) is 19.8 Å².